The van der Waals surface area contributed by atoms with Gasteiger partial charge in [0.15, 0.2) is 5.03 Å². The topological polar surface area (TPSA) is 76.0 Å². The molecule has 0 saturated carbocycles. The summed E-state index contributed by atoms with van der Waals surface area (Å²) in [6.45, 7) is 2.20. The van der Waals surface area contributed by atoms with Gasteiger partial charge in [-0.1, -0.05) is 0 Å². The molecule has 0 bridgehead atoms. The van der Waals surface area contributed by atoms with E-state index in [1.165, 1.54) is 6.20 Å². The first-order valence-electron chi connectivity index (χ1n) is 6.44. The van der Waals surface area contributed by atoms with Crippen molar-refractivity contribution in [2.24, 2.45) is 0 Å². The van der Waals surface area contributed by atoms with Gasteiger partial charge in [-0.05, 0) is 25.8 Å². The fraction of sp³-hybridized carbons (Fsp3) is 0.727. The van der Waals surface area contributed by atoms with E-state index in [1.54, 1.807) is 0 Å². The quantitative estimate of drug-likeness (QED) is 0.798. The highest BCUT2D eigenvalue weighted by molar-refractivity contribution is 7.89. The lowest BCUT2D eigenvalue weighted by Crippen LogP contribution is -2.37. The molecule has 1 aromatic rings. The zero-order valence-electron chi connectivity index (χ0n) is 10.2. The number of aromatic nitrogens is 2. The second kappa shape index (κ2) is 4.64. The average Bonchev–Trinajstić information content (AvgIpc) is 3.03. The highest BCUT2D eigenvalue weighted by Gasteiger charge is 2.26. The molecular formula is C11H18N4O2S. The number of rotatable bonds is 4. The van der Waals surface area contributed by atoms with E-state index in [2.05, 4.69) is 15.0 Å². The highest BCUT2D eigenvalue weighted by atomic mass is 32.2. The fourth-order valence-electron chi connectivity index (χ4n) is 2.66. The summed E-state index contributed by atoms with van der Waals surface area (Å²) >= 11 is 0. The summed E-state index contributed by atoms with van der Waals surface area (Å²) in [7, 11) is -3.42. The van der Waals surface area contributed by atoms with Gasteiger partial charge in [0, 0.05) is 25.6 Å². The number of nitrogens with one attached hydrogen (secondary N) is 2. The molecule has 0 aliphatic carbocycles. The van der Waals surface area contributed by atoms with Gasteiger partial charge in [0.25, 0.3) is 10.0 Å². The van der Waals surface area contributed by atoms with E-state index in [0.717, 1.165) is 44.6 Å². The van der Waals surface area contributed by atoms with Crippen LogP contribution in [-0.2, 0) is 23.0 Å². The molecule has 3 rings (SSSR count). The molecule has 2 N–H and O–H groups in total. The molecule has 3 heterocycles. The minimum absolute atomic E-state index is 0.265. The van der Waals surface area contributed by atoms with Gasteiger partial charge in [0.2, 0.25) is 0 Å². The normalized spacial score (nSPS) is 23.4. The van der Waals surface area contributed by atoms with E-state index < -0.39 is 10.0 Å². The number of imidazole rings is 1. The van der Waals surface area contributed by atoms with Crippen molar-refractivity contribution < 1.29 is 8.42 Å². The maximum atomic E-state index is 12.2. The minimum Gasteiger partial charge on any atom is -0.318 e. The molecule has 0 aromatic carbocycles. The van der Waals surface area contributed by atoms with Crippen LogP contribution >= 0.6 is 0 Å². The Bertz CT molecular complexity index is 531. The minimum atomic E-state index is -3.42. The zero-order valence-corrected chi connectivity index (χ0v) is 11.0. The van der Waals surface area contributed by atoms with Gasteiger partial charge in [-0.25, -0.2) is 18.1 Å². The lowest BCUT2D eigenvalue weighted by molar-refractivity contribution is 0.541. The van der Waals surface area contributed by atoms with Crippen LogP contribution in [0.15, 0.2) is 11.2 Å². The van der Waals surface area contributed by atoms with Crippen LogP contribution in [0.1, 0.15) is 25.1 Å². The monoisotopic (exact) mass is 270 g/mol. The van der Waals surface area contributed by atoms with Crippen LogP contribution in [0.4, 0.5) is 0 Å². The first-order chi connectivity index (χ1) is 8.67. The van der Waals surface area contributed by atoms with Crippen molar-refractivity contribution in [2.45, 2.75) is 43.3 Å². The maximum Gasteiger partial charge on any atom is 0.257 e. The van der Waals surface area contributed by atoms with Crippen molar-refractivity contribution in [3.8, 4) is 0 Å². The van der Waals surface area contributed by atoms with Gasteiger partial charge in [0.1, 0.15) is 5.82 Å². The summed E-state index contributed by atoms with van der Waals surface area (Å²) in [5.74, 6) is 0.884. The molecule has 1 atom stereocenters. The number of hydrogen-bond acceptors (Lipinski definition) is 4. The number of aryl methyl sites for hydroxylation is 1. The van der Waals surface area contributed by atoms with Crippen molar-refractivity contribution >= 4 is 10.0 Å². The number of hydrogen-bond donors (Lipinski definition) is 2. The predicted octanol–water partition coefficient (Wildman–Crippen LogP) is -0.140. The smallest absolute Gasteiger partial charge is 0.257 e. The zero-order chi connectivity index (χ0) is 12.6. The van der Waals surface area contributed by atoms with Gasteiger partial charge in [0.05, 0.1) is 6.20 Å². The first-order valence-corrected chi connectivity index (χ1v) is 7.92. The summed E-state index contributed by atoms with van der Waals surface area (Å²) in [5.41, 5.74) is 0. The summed E-state index contributed by atoms with van der Waals surface area (Å²) in [6.07, 6.45) is 5.48. The predicted molar refractivity (Wildman–Crippen MR) is 66.8 cm³/mol. The largest absolute Gasteiger partial charge is 0.318 e. The lowest BCUT2D eigenvalue weighted by atomic mass is 10.2. The van der Waals surface area contributed by atoms with Gasteiger partial charge in [-0.2, -0.15) is 0 Å². The van der Waals surface area contributed by atoms with E-state index in [0.29, 0.717) is 11.6 Å². The fourth-order valence-corrected chi connectivity index (χ4v) is 3.91. The molecule has 7 heteroatoms. The second-order valence-corrected chi connectivity index (χ2v) is 6.63. The molecule has 6 nitrogen and oxygen atoms in total. The van der Waals surface area contributed by atoms with Crippen LogP contribution in [0.5, 0.6) is 0 Å². The Kier molecular flexibility index (Phi) is 3.13. The molecule has 1 aromatic heterocycles. The van der Waals surface area contributed by atoms with Crippen LogP contribution < -0.4 is 10.0 Å². The number of sulfonamides is 1. The van der Waals surface area contributed by atoms with Crippen molar-refractivity contribution in [2.75, 3.05) is 13.1 Å². The van der Waals surface area contributed by atoms with Crippen LogP contribution in [0, 0.1) is 0 Å². The molecule has 100 valence electrons. The third kappa shape index (κ3) is 2.17. The molecular weight excluding hydrogens is 252 g/mol. The summed E-state index contributed by atoms with van der Waals surface area (Å²) in [4.78, 5) is 4.17. The third-order valence-electron chi connectivity index (χ3n) is 3.64. The van der Waals surface area contributed by atoms with Crippen molar-refractivity contribution in [1.82, 2.24) is 19.6 Å². The molecule has 1 fully saturated rings. The average molecular weight is 270 g/mol. The van der Waals surface area contributed by atoms with Crippen molar-refractivity contribution in [3.63, 3.8) is 0 Å². The van der Waals surface area contributed by atoms with Crippen LogP contribution in [0.3, 0.4) is 0 Å². The molecule has 1 saturated heterocycles. The van der Waals surface area contributed by atoms with Crippen molar-refractivity contribution in [3.05, 3.63) is 12.0 Å². The number of nitrogens with zero attached hydrogens (tertiary/aromatic N) is 2. The van der Waals surface area contributed by atoms with Crippen molar-refractivity contribution in [1.29, 1.82) is 0 Å². The van der Waals surface area contributed by atoms with Gasteiger partial charge in [-0.3, -0.25) is 0 Å². The Hall–Kier alpha value is -0.920. The van der Waals surface area contributed by atoms with E-state index in [9.17, 15) is 8.42 Å². The standard InChI is InChI=1S/C11H18N4O2S/c16-18(17,14-7-9-3-1-5-12-9)11-8-13-10-4-2-6-15(10)11/h8-9,12,14H,1-7H2. The van der Waals surface area contributed by atoms with Crippen LogP contribution in [0.25, 0.3) is 0 Å². The summed E-state index contributed by atoms with van der Waals surface area (Å²) < 4.78 is 28.9. The Labute approximate surface area is 107 Å². The third-order valence-corrected chi connectivity index (χ3v) is 5.06. The molecule has 0 amide bonds. The maximum absolute atomic E-state index is 12.2. The van der Waals surface area contributed by atoms with Gasteiger partial charge in [-0.15, -0.1) is 0 Å². The van der Waals surface area contributed by atoms with E-state index >= 15 is 0 Å². The molecule has 1 unspecified atom stereocenters. The lowest BCUT2D eigenvalue weighted by Gasteiger charge is -2.12. The molecule has 0 spiro atoms. The molecule has 0 radical (unpaired) electrons. The molecule has 18 heavy (non-hydrogen) atoms. The SMILES string of the molecule is O=S(=O)(NCC1CCCN1)c1cnc2n1CCC2. The van der Waals surface area contributed by atoms with Gasteiger partial charge < -0.3 is 9.88 Å². The summed E-state index contributed by atoms with van der Waals surface area (Å²) in [6, 6.07) is 0.265. The first kappa shape index (κ1) is 12.1. The van der Waals surface area contributed by atoms with E-state index in [1.807, 2.05) is 4.57 Å². The van der Waals surface area contributed by atoms with Crippen LogP contribution in [0.2, 0.25) is 0 Å². The Morgan fingerprint density at radius 2 is 2.39 bits per heavy atom. The molecule has 2 aliphatic rings. The number of fused-ring (bicyclic) bond motifs is 1. The van der Waals surface area contributed by atoms with E-state index in [-0.39, 0.29) is 6.04 Å². The second-order valence-electron chi connectivity index (χ2n) is 4.91. The Balaban J connectivity index is 1.73. The Morgan fingerprint density at radius 3 is 3.17 bits per heavy atom. The highest BCUT2D eigenvalue weighted by Crippen LogP contribution is 2.19. The molecule has 2 aliphatic heterocycles. The van der Waals surface area contributed by atoms with Gasteiger partial charge >= 0.3 is 0 Å². The Morgan fingerprint density at radius 1 is 1.50 bits per heavy atom. The van der Waals surface area contributed by atoms with E-state index in [4.69, 9.17) is 0 Å². The summed E-state index contributed by atoms with van der Waals surface area (Å²) in [5, 5.41) is 3.59. The van der Waals surface area contributed by atoms with Crippen LogP contribution in [-0.4, -0.2) is 37.1 Å².